The summed E-state index contributed by atoms with van der Waals surface area (Å²) >= 11 is 1.46. The molecule has 5 nitrogen and oxygen atoms in total. The van der Waals surface area contributed by atoms with Crippen molar-refractivity contribution >= 4 is 28.2 Å². The number of carbonyl (C=O) groups is 2. The van der Waals surface area contributed by atoms with Gasteiger partial charge in [-0.15, -0.1) is 11.3 Å². The number of rotatable bonds is 5. The Kier molecular flexibility index (Phi) is 4.85. The molecule has 0 spiro atoms. The van der Waals surface area contributed by atoms with Crippen molar-refractivity contribution < 1.29 is 14.3 Å². The number of benzene rings is 1. The molecule has 1 heterocycles. The van der Waals surface area contributed by atoms with Crippen molar-refractivity contribution in [2.75, 3.05) is 11.9 Å². The van der Waals surface area contributed by atoms with E-state index in [0.29, 0.717) is 22.2 Å². The van der Waals surface area contributed by atoms with Gasteiger partial charge in [-0.2, -0.15) is 0 Å². The van der Waals surface area contributed by atoms with Gasteiger partial charge in [0.05, 0.1) is 5.56 Å². The van der Waals surface area contributed by atoms with E-state index in [2.05, 4.69) is 12.2 Å². The predicted molar refractivity (Wildman–Crippen MR) is 94.6 cm³/mol. The summed E-state index contributed by atoms with van der Waals surface area (Å²) in [5, 5.41) is 3.33. The Morgan fingerprint density at radius 2 is 2.08 bits per heavy atom. The van der Waals surface area contributed by atoms with Crippen LogP contribution in [0.5, 0.6) is 5.75 Å². The molecule has 1 aliphatic rings. The lowest BCUT2D eigenvalue weighted by Crippen LogP contribution is -2.22. The molecule has 1 atom stereocenters. The Labute approximate surface area is 144 Å². The van der Waals surface area contributed by atoms with Crippen LogP contribution in [0.3, 0.4) is 0 Å². The second-order valence-corrected chi connectivity index (χ2v) is 7.18. The van der Waals surface area contributed by atoms with Crippen molar-refractivity contribution in [3.05, 3.63) is 46.3 Å². The summed E-state index contributed by atoms with van der Waals surface area (Å²) in [5.74, 6) is 0.429. The molecule has 2 amide bonds. The molecule has 0 saturated heterocycles. The Morgan fingerprint density at radius 3 is 2.79 bits per heavy atom. The highest BCUT2D eigenvalue weighted by Crippen LogP contribution is 2.39. The van der Waals surface area contributed by atoms with Crippen LogP contribution in [-0.2, 0) is 17.6 Å². The lowest BCUT2D eigenvalue weighted by molar-refractivity contribution is -0.118. The molecule has 0 unspecified atom stereocenters. The maximum absolute atomic E-state index is 12.2. The summed E-state index contributed by atoms with van der Waals surface area (Å²) in [6.45, 7) is 2.08. The van der Waals surface area contributed by atoms with Crippen molar-refractivity contribution in [3.63, 3.8) is 0 Å². The van der Waals surface area contributed by atoms with Crippen LogP contribution in [0.25, 0.3) is 0 Å². The van der Waals surface area contributed by atoms with Crippen LogP contribution < -0.4 is 15.8 Å². The first kappa shape index (κ1) is 16.5. The summed E-state index contributed by atoms with van der Waals surface area (Å²) < 4.78 is 5.44. The van der Waals surface area contributed by atoms with E-state index < -0.39 is 5.91 Å². The fourth-order valence-corrected chi connectivity index (χ4v) is 4.36. The molecule has 0 bridgehead atoms. The van der Waals surface area contributed by atoms with Crippen molar-refractivity contribution in [1.29, 1.82) is 0 Å². The van der Waals surface area contributed by atoms with Gasteiger partial charge in [0.25, 0.3) is 11.8 Å². The van der Waals surface area contributed by atoms with E-state index >= 15 is 0 Å². The largest absolute Gasteiger partial charge is 0.484 e. The Bertz CT molecular complexity index is 755. The number of para-hydroxylation sites is 1. The third-order valence-corrected chi connectivity index (χ3v) is 5.29. The lowest BCUT2D eigenvalue weighted by Gasteiger charge is -2.18. The highest BCUT2D eigenvalue weighted by molar-refractivity contribution is 7.17. The summed E-state index contributed by atoms with van der Waals surface area (Å²) in [6.07, 6.45) is 2.80. The molecule has 0 fully saturated rings. The Morgan fingerprint density at radius 1 is 1.33 bits per heavy atom. The number of nitrogens with one attached hydrogen (secondary N) is 1. The van der Waals surface area contributed by atoms with Gasteiger partial charge >= 0.3 is 0 Å². The molecule has 126 valence electrons. The molecular weight excluding hydrogens is 324 g/mol. The Hall–Kier alpha value is -2.34. The van der Waals surface area contributed by atoms with Crippen LogP contribution in [0, 0.1) is 5.92 Å². The zero-order valence-electron chi connectivity index (χ0n) is 13.5. The van der Waals surface area contributed by atoms with Crippen LogP contribution in [0.15, 0.2) is 30.3 Å². The van der Waals surface area contributed by atoms with Gasteiger partial charge in [-0.3, -0.25) is 9.59 Å². The third-order valence-electron chi connectivity index (χ3n) is 4.12. The SMILES string of the molecule is C[C@H]1CCc2c(sc(NC(=O)COc3ccccc3)c2C(N)=O)C1. The number of amides is 2. The van der Waals surface area contributed by atoms with Gasteiger partial charge in [-0.25, -0.2) is 0 Å². The number of anilines is 1. The number of thiophene rings is 1. The Balaban J connectivity index is 1.72. The highest BCUT2D eigenvalue weighted by Gasteiger charge is 2.27. The van der Waals surface area contributed by atoms with E-state index in [1.165, 1.54) is 11.3 Å². The number of carbonyl (C=O) groups excluding carboxylic acids is 2. The van der Waals surface area contributed by atoms with E-state index in [-0.39, 0.29) is 12.5 Å². The van der Waals surface area contributed by atoms with E-state index in [1.54, 1.807) is 12.1 Å². The van der Waals surface area contributed by atoms with Crippen LogP contribution in [0.2, 0.25) is 0 Å². The monoisotopic (exact) mass is 344 g/mol. The second-order valence-electron chi connectivity index (χ2n) is 6.07. The maximum Gasteiger partial charge on any atom is 0.262 e. The standard InChI is InChI=1S/C18H20N2O3S/c1-11-7-8-13-14(9-11)24-18(16(13)17(19)22)20-15(21)10-23-12-5-3-2-4-6-12/h2-6,11H,7-10H2,1H3,(H2,19,22)(H,20,21)/t11-/m0/s1. The molecule has 2 aromatic rings. The van der Waals surface area contributed by atoms with Gasteiger partial charge in [-0.1, -0.05) is 25.1 Å². The molecule has 3 rings (SSSR count). The normalized spacial score (nSPS) is 16.3. The van der Waals surface area contributed by atoms with Crippen LogP contribution in [-0.4, -0.2) is 18.4 Å². The molecule has 1 aromatic carbocycles. The van der Waals surface area contributed by atoms with Gasteiger partial charge in [0, 0.05) is 4.88 Å². The minimum absolute atomic E-state index is 0.110. The average molecular weight is 344 g/mol. The number of hydrogen-bond donors (Lipinski definition) is 2. The van der Waals surface area contributed by atoms with Gasteiger partial charge in [-0.05, 0) is 42.9 Å². The predicted octanol–water partition coefficient (Wildman–Crippen LogP) is 2.99. The number of hydrogen-bond acceptors (Lipinski definition) is 4. The van der Waals surface area contributed by atoms with Crippen LogP contribution in [0.4, 0.5) is 5.00 Å². The molecule has 0 aliphatic heterocycles. The van der Waals surface area contributed by atoms with Crippen LogP contribution in [0.1, 0.15) is 34.1 Å². The number of nitrogens with two attached hydrogens (primary N) is 1. The molecule has 24 heavy (non-hydrogen) atoms. The minimum Gasteiger partial charge on any atom is -0.484 e. The number of primary amides is 1. The molecule has 6 heteroatoms. The third kappa shape index (κ3) is 3.59. The van der Waals surface area contributed by atoms with Gasteiger partial charge in [0.1, 0.15) is 10.8 Å². The first-order chi connectivity index (χ1) is 11.5. The molecule has 1 aliphatic carbocycles. The van der Waals surface area contributed by atoms with Gasteiger partial charge in [0.15, 0.2) is 6.61 Å². The van der Waals surface area contributed by atoms with Gasteiger partial charge < -0.3 is 15.8 Å². The highest BCUT2D eigenvalue weighted by atomic mass is 32.1. The topological polar surface area (TPSA) is 81.4 Å². The van der Waals surface area contributed by atoms with Crippen molar-refractivity contribution in [2.24, 2.45) is 11.7 Å². The van der Waals surface area contributed by atoms with Gasteiger partial charge in [0.2, 0.25) is 0 Å². The zero-order valence-corrected chi connectivity index (χ0v) is 14.3. The number of fused-ring (bicyclic) bond motifs is 1. The van der Waals surface area contributed by atoms with Crippen molar-refractivity contribution in [2.45, 2.75) is 26.2 Å². The fourth-order valence-electron chi connectivity index (χ4n) is 2.93. The maximum atomic E-state index is 12.2. The molecule has 0 saturated carbocycles. The first-order valence-electron chi connectivity index (χ1n) is 7.96. The fraction of sp³-hybridized carbons (Fsp3) is 0.333. The summed E-state index contributed by atoms with van der Waals surface area (Å²) in [5.41, 5.74) is 7.02. The number of ether oxygens (including phenoxy) is 1. The molecular formula is C18H20N2O3S. The second kappa shape index (κ2) is 7.05. The van der Waals surface area contributed by atoms with Crippen molar-refractivity contribution in [1.82, 2.24) is 0 Å². The van der Waals surface area contributed by atoms with Crippen molar-refractivity contribution in [3.8, 4) is 5.75 Å². The minimum atomic E-state index is -0.485. The molecule has 0 radical (unpaired) electrons. The van der Waals surface area contributed by atoms with E-state index in [1.807, 2.05) is 18.2 Å². The quantitative estimate of drug-likeness (QED) is 0.875. The van der Waals surface area contributed by atoms with E-state index in [0.717, 1.165) is 29.7 Å². The average Bonchev–Trinajstić information content (AvgIpc) is 2.90. The summed E-state index contributed by atoms with van der Waals surface area (Å²) in [7, 11) is 0. The molecule has 3 N–H and O–H groups in total. The van der Waals surface area contributed by atoms with E-state index in [4.69, 9.17) is 10.5 Å². The van der Waals surface area contributed by atoms with Crippen LogP contribution >= 0.6 is 11.3 Å². The first-order valence-corrected chi connectivity index (χ1v) is 8.78. The molecule has 1 aromatic heterocycles. The zero-order chi connectivity index (χ0) is 17.1. The smallest absolute Gasteiger partial charge is 0.262 e. The summed E-state index contributed by atoms with van der Waals surface area (Å²) in [4.78, 5) is 25.2. The van der Waals surface area contributed by atoms with E-state index in [9.17, 15) is 9.59 Å². The summed E-state index contributed by atoms with van der Waals surface area (Å²) in [6, 6.07) is 9.13. The lowest BCUT2D eigenvalue weighted by atomic mass is 9.88.